The molecule has 0 aliphatic carbocycles. The van der Waals surface area contributed by atoms with E-state index in [0.29, 0.717) is 0 Å². The first-order chi connectivity index (χ1) is 32.8. The minimum atomic E-state index is 0.853. The summed E-state index contributed by atoms with van der Waals surface area (Å²) in [5.74, 6) is 0. The third-order valence-electron chi connectivity index (χ3n) is 13.5. The maximum absolute atomic E-state index is 7.02. The molecule has 1 aromatic heterocycles. The van der Waals surface area contributed by atoms with E-state index in [1.807, 2.05) is 0 Å². The standard InChI is InChI=1S/C64H41NO/c1-2-19-43(20-3-1)47-22-6-7-24-50(47)56-29-13-16-32-60(56)65(61-39-38-49(45-35-34-42-18-4-5-21-44(42)40-45)64-63(61)57-30-14-17-33-62(57)66-64)59-31-15-12-23-48(59)46-36-37-55-53-27-9-8-25-51(53)52-26-10-11-28-54(52)58(55)41-46/h1-41H. The minimum absolute atomic E-state index is 0.853. The highest BCUT2D eigenvalue weighted by molar-refractivity contribution is 6.26. The van der Waals surface area contributed by atoms with Crippen molar-refractivity contribution < 1.29 is 4.42 Å². The van der Waals surface area contributed by atoms with Gasteiger partial charge >= 0.3 is 0 Å². The Morgan fingerprint density at radius 2 is 0.773 bits per heavy atom. The second-order valence-electron chi connectivity index (χ2n) is 17.1. The van der Waals surface area contributed by atoms with Gasteiger partial charge in [-0.2, -0.15) is 0 Å². The van der Waals surface area contributed by atoms with Crippen LogP contribution in [0.15, 0.2) is 253 Å². The number of furan rings is 1. The van der Waals surface area contributed by atoms with E-state index in [1.54, 1.807) is 0 Å². The lowest BCUT2D eigenvalue weighted by molar-refractivity contribution is 0.670. The fourth-order valence-corrected chi connectivity index (χ4v) is 10.4. The molecule has 0 atom stereocenters. The van der Waals surface area contributed by atoms with Crippen molar-refractivity contribution in [3.63, 3.8) is 0 Å². The number of nitrogens with zero attached hydrogens (tertiary/aromatic N) is 1. The molecule has 0 fully saturated rings. The lowest BCUT2D eigenvalue weighted by Crippen LogP contribution is -2.13. The molecule has 2 heteroatoms. The molecule has 13 rings (SSSR count). The monoisotopic (exact) mass is 839 g/mol. The van der Waals surface area contributed by atoms with Crippen LogP contribution < -0.4 is 4.90 Å². The van der Waals surface area contributed by atoms with E-state index in [0.717, 1.165) is 72.4 Å². The van der Waals surface area contributed by atoms with Gasteiger partial charge in [-0.05, 0) is 113 Å². The highest BCUT2D eigenvalue weighted by Crippen LogP contribution is 2.51. The Morgan fingerprint density at radius 1 is 0.258 bits per heavy atom. The SMILES string of the molecule is c1ccc(-c2ccccc2-c2ccccc2N(c2ccccc2-c2ccc3c4ccccc4c4ccccc4c3c2)c2ccc(-c3ccc4ccccc4c3)c3oc4ccccc4c23)cc1. The lowest BCUT2D eigenvalue weighted by Gasteiger charge is -2.31. The van der Waals surface area contributed by atoms with Crippen LogP contribution in [0.3, 0.4) is 0 Å². The van der Waals surface area contributed by atoms with E-state index < -0.39 is 0 Å². The molecule has 0 radical (unpaired) electrons. The van der Waals surface area contributed by atoms with E-state index >= 15 is 0 Å². The maximum Gasteiger partial charge on any atom is 0.145 e. The molecule has 2 nitrogen and oxygen atoms in total. The number of hydrogen-bond donors (Lipinski definition) is 0. The number of para-hydroxylation sites is 3. The third kappa shape index (κ3) is 6.11. The minimum Gasteiger partial charge on any atom is -0.455 e. The van der Waals surface area contributed by atoms with Gasteiger partial charge in [-0.15, -0.1) is 0 Å². The molecule has 1 heterocycles. The highest BCUT2D eigenvalue weighted by Gasteiger charge is 2.26. The molecule has 0 aliphatic rings. The van der Waals surface area contributed by atoms with Crippen molar-refractivity contribution in [1.29, 1.82) is 0 Å². The predicted molar refractivity (Wildman–Crippen MR) is 280 cm³/mol. The summed E-state index contributed by atoms with van der Waals surface area (Å²) in [6, 6.07) is 90.3. The topological polar surface area (TPSA) is 16.4 Å². The van der Waals surface area contributed by atoms with Crippen LogP contribution in [0.25, 0.3) is 110 Å². The van der Waals surface area contributed by atoms with E-state index in [1.165, 1.54) is 54.2 Å². The number of hydrogen-bond acceptors (Lipinski definition) is 2. The summed E-state index contributed by atoms with van der Waals surface area (Å²) >= 11 is 0. The molecule has 0 saturated carbocycles. The first kappa shape index (κ1) is 37.8. The Bertz CT molecular complexity index is 3980. The van der Waals surface area contributed by atoms with Crippen molar-refractivity contribution in [2.45, 2.75) is 0 Å². The van der Waals surface area contributed by atoms with Crippen molar-refractivity contribution in [2.24, 2.45) is 0 Å². The van der Waals surface area contributed by atoms with Crippen molar-refractivity contribution in [2.75, 3.05) is 4.90 Å². The molecule has 12 aromatic carbocycles. The van der Waals surface area contributed by atoms with Crippen molar-refractivity contribution in [3.8, 4) is 44.5 Å². The Morgan fingerprint density at radius 3 is 1.52 bits per heavy atom. The number of fused-ring (bicyclic) bond motifs is 10. The molecule has 66 heavy (non-hydrogen) atoms. The quantitative estimate of drug-likeness (QED) is 0.149. The van der Waals surface area contributed by atoms with Gasteiger partial charge in [0.1, 0.15) is 11.2 Å². The van der Waals surface area contributed by atoms with Crippen LogP contribution in [0.4, 0.5) is 17.1 Å². The molecule has 13 aromatic rings. The van der Waals surface area contributed by atoms with Crippen LogP contribution in [-0.2, 0) is 0 Å². The van der Waals surface area contributed by atoms with Crippen LogP contribution in [0.1, 0.15) is 0 Å². The molecule has 0 saturated heterocycles. The van der Waals surface area contributed by atoms with E-state index in [9.17, 15) is 0 Å². The van der Waals surface area contributed by atoms with E-state index in [-0.39, 0.29) is 0 Å². The smallest absolute Gasteiger partial charge is 0.145 e. The summed E-state index contributed by atoms with van der Waals surface area (Å²) < 4.78 is 7.02. The Hall–Kier alpha value is -8.72. The fraction of sp³-hybridized carbons (Fsp3) is 0. The fourth-order valence-electron chi connectivity index (χ4n) is 10.4. The summed E-state index contributed by atoms with van der Waals surface area (Å²) in [6.45, 7) is 0. The first-order valence-corrected chi connectivity index (χ1v) is 22.7. The summed E-state index contributed by atoms with van der Waals surface area (Å²) in [5, 5.41) is 12.1. The molecule has 0 N–H and O–H groups in total. The van der Waals surface area contributed by atoms with Gasteiger partial charge in [0.2, 0.25) is 0 Å². The number of anilines is 3. The van der Waals surface area contributed by atoms with Gasteiger partial charge in [0, 0.05) is 22.1 Å². The van der Waals surface area contributed by atoms with E-state index in [2.05, 4.69) is 254 Å². The summed E-state index contributed by atoms with van der Waals surface area (Å²) in [4.78, 5) is 2.49. The molecule has 0 unspecified atom stereocenters. The Kier molecular flexibility index (Phi) is 8.89. The first-order valence-electron chi connectivity index (χ1n) is 22.7. The van der Waals surface area contributed by atoms with Gasteiger partial charge in [-0.1, -0.05) is 206 Å². The number of rotatable bonds is 7. The van der Waals surface area contributed by atoms with Crippen LogP contribution in [-0.4, -0.2) is 0 Å². The van der Waals surface area contributed by atoms with Gasteiger partial charge in [0.05, 0.1) is 22.4 Å². The summed E-state index contributed by atoms with van der Waals surface area (Å²) in [6.07, 6.45) is 0. The molecular formula is C64H41NO. The molecule has 0 spiro atoms. The summed E-state index contributed by atoms with van der Waals surface area (Å²) in [5.41, 5.74) is 14.0. The lowest BCUT2D eigenvalue weighted by atomic mass is 9.90. The van der Waals surface area contributed by atoms with Crippen LogP contribution in [0.2, 0.25) is 0 Å². The summed E-state index contributed by atoms with van der Waals surface area (Å²) in [7, 11) is 0. The average Bonchev–Trinajstić information content (AvgIpc) is 3.79. The predicted octanol–water partition coefficient (Wildman–Crippen LogP) is 18.3. The molecule has 0 aliphatic heterocycles. The second kappa shape index (κ2) is 15.5. The molecule has 0 bridgehead atoms. The van der Waals surface area contributed by atoms with Gasteiger partial charge in [0.25, 0.3) is 0 Å². The second-order valence-corrected chi connectivity index (χ2v) is 17.1. The van der Waals surface area contributed by atoms with Crippen molar-refractivity contribution >= 4 is 82.1 Å². The van der Waals surface area contributed by atoms with Gasteiger partial charge < -0.3 is 9.32 Å². The van der Waals surface area contributed by atoms with Crippen LogP contribution in [0, 0.1) is 0 Å². The average molecular weight is 840 g/mol. The molecule has 308 valence electrons. The van der Waals surface area contributed by atoms with E-state index in [4.69, 9.17) is 4.42 Å². The molecular weight excluding hydrogens is 799 g/mol. The Labute approximate surface area is 382 Å². The van der Waals surface area contributed by atoms with Crippen molar-refractivity contribution in [3.05, 3.63) is 249 Å². The number of benzene rings is 12. The zero-order valence-electron chi connectivity index (χ0n) is 36.0. The van der Waals surface area contributed by atoms with Crippen molar-refractivity contribution in [1.82, 2.24) is 0 Å². The van der Waals surface area contributed by atoms with Gasteiger partial charge in [-0.3, -0.25) is 0 Å². The zero-order valence-corrected chi connectivity index (χ0v) is 36.0. The normalized spacial score (nSPS) is 11.6. The van der Waals surface area contributed by atoms with Crippen LogP contribution >= 0.6 is 0 Å². The zero-order chi connectivity index (χ0) is 43.6. The highest BCUT2D eigenvalue weighted by atomic mass is 16.3. The Balaban J connectivity index is 1.11. The van der Waals surface area contributed by atoms with Gasteiger partial charge in [-0.25, -0.2) is 0 Å². The maximum atomic E-state index is 7.02. The largest absolute Gasteiger partial charge is 0.455 e. The van der Waals surface area contributed by atoms with Crippen LogP contribution in [0.5, 0.6) is 0 Å². The molecule has 0 amide bonds. The van der Waals surface area contributed by atoms with Gasteiger partial charge in [0.15, 0.2) is 0 Å². The third-order valence-corrected chi connectivity index (χ3v) is 13.5.